The van der Waals surface area contributed by atoms with Crippen LogP contribution in [0.3, 0.4) is 0 Å². The molecule has 0 spiro atoms. The van der Waals surface area contributed by atoms with E-state index in [4.69, 9.17) is 19.2 Å². The molecule has 3 heterocycles. The first kappa shape index (κ1) is 21.8. The molecule has 1 aliphatic heterocycles. The molecule has 1 aliphatic rings. The molecule has 3 aromatic rings. The molecule has 4 rings (SSSR count). The van der Waals surface area contributed by atoms with Gasteiger partial charge in [-0.15, -0.1) is 0 Å². The number of hydrogen-bond donors (Lipinski definition) is 0. The van der Waals surface area contributed by atoms with Crippen molar-refractivity contribution < 1.29 is 19.0 Å². The second kappa shape index (κ2) is 9.38. The van der Waals surface area contributed by atoms with Gasteiger partial charge in [0.15, 0.2) is 17.1 Å². The number of ether oxygens (including phenoxy) is 3. The van der Waals surface area contributed by atoms with Gasteiger partial charge >= 0.3 is 0 Å². The molecule has 2 aromatic heterocycles. The second-order valence-corrected chi connectivity index (χ2v) is 7.92. The second-order valence-electron chi connectivity index (χ2n) is 7.92. The van der Waals surface area contributed by atoms with E-state index in [1.54, 1.807) is 27.5 Å². The molecular weight excluding hydrogens is 408 g/mol. The largest absolute Gasteiger partial charge is 0.493 e. The van der Waals surface area contributed by atoms with Crippen LogP contribution in [0.4, 0.5) is 0 Å². The van der Waals surface area contributed by atoms with Gasteiger partial charge in [0.25, 0.3) is 0 Å². The molecule has 0 aliphatic carbocycles. The number of pyridine rings is 1. The average Bonchev–Trinajstić information content (AvgIpc) is 2.82. The first-order valence-corrected chi connectivity index (χ1v) is 10.7. The van der Waals surface area contributed by atoms with Gasteiger partial charge in [0.2, 0.25) is 11.7 Å². The molecule has 8 heteroatoms. The van der Waals surface area contributed by atoms with Crippen LogP contribution in [0.1, 0.15) is 35.8 Å². The Morgan fingerprint density at radius 3 is 2.56 bits per heavy atom. The van der Waals surface area contributed by atoms with E-state index >= 15 is 0 Å². The summed E-state index contributed by atoms with van der Waals surface area (Å²) in [5.41, 5.74) is 2.50. The maximum atomic E-state index is 13.2. The average molecular weight is 437 g/mol. The fourth-order valence-electron chi connectivity index (χ4n) is 4.36. The Kier molecular flexibility index (Phi) is 6.39. The Balaban J connectivity index is 1.55. The zero-order valence-electron chi connectivity index (χ0n) is 18.9. The van der Waals surface area contributed by atoms with Gasteiger partial charge in [-0.2, -0.15) is 0 Å². The standard InChI is InChI=1S/C24H28N4O4/c1-15-26-22(18-8-5-9-25-24(18)27-15)17-7-6-10-28(14-17)21(29)13-16-11-19(30-2)23(32-4)20(12-16)31-3/h5,8-9,11-12,17H,6-7,10,13-14H2,1-4H3. The summed E-state index contributed by atoms with van der Waals surface area (Å²) < 4.78 is 16.2. The normalized spacial score (nSPS) is 16.1. The third kappa shape index (κ3) is 4.30. The number of amides is 1. The number of aryl methyl sites for hydroxylation is 1. The number of rotatable bonds is 6. The lowest BCUT2D eigenvalue weighted by Gasteiger charge is -2.33. The van der Waals surface area contributed by atoms with E-state index in [1.165, 1.54) is 0 Å². The van der Waals surface area contributed by atoms with Crippen molar-refractivity contribution in [3.63, 3.8) is 0 Å². The minimum Gasteiger partial charge on any atom is -0.493 e. The van der Waals surface area contributed by atoms with Crippen LogP contribution in [-0.4, -0.2) is 60.2 Å². The van der Waals surface area contributed by atoms with Crippen LogP contribution in [0.15, 0.2) is 30.5 Å². The van der Waals surface area contributed by atoms with Gasteiger partial charge in [0.05, 0.1) is 33.4 Å². The Hall–Kier alpha value is -3.42. The van der Waals surface area contributed by atoms with E-state index in [0.717, 1.165) is 36.0 Å². The molecule has 1 atom stereocenters. The lowest BCUT2D eigenvalue weighted by molar-refractivity contribution is -0.131. The minimum atomic E-state index is 0.0668. The number of likely N-dealkylation sites (tertiary alicyclic amines) is 1. The molecule has 0 bridgehead atoms. The van der Waals surface area contributed by atoms with Crippen molar-refractivity contribution in [2.24, 2.45) is 0 Å². The van der Waals surface area contributed by atoms with E-state index < -0.39 is 0 Å². The lowest BCUT2D eigenvalue weighted by Crippen LogP contribution is -2.40. The Morgan fingerprint density at radius 2 is 1.88 bits per heavy atom. The van der Waals surface area contributed by atoms with Crippen LogP contribution in [0.2, 0.25) is 0 Å². The lowest BCUT2D eigenvalue weighted by atomic mass is 9.92. The number of piperidine rings is 1. The molecule has 8 nitrogen and oxygen atoms in total. The van der Waals surface area contributed by atoms with E-state index in [0.29, 0.717) is 35.3 Å². The van der Waals surface area contributed by atoms with Crippen LogP contribution in [0.5, 0.6) is 17.2 Å². The van der Waals surface area contributed by atoms with Gasteiger partial charge < -0.3 is 19.1 Å². The summed E-state index contributed by atoms with van der Waals surface area (Å²) in [4.78, 5) is 28.7. The van der Waals surface area contributed by atoms with Gasteiger partial charge in [-0.3, -0.25) is 4.79 Å². The van der Waals surface area contributed by atoms with Gasteiger partial charge in [-0.1, -0.05) is 0 Å². The summed E-state index contributed by atoms with van der Waals surface area (Å²) in [6, 6.07) is 7.57. The zero-order chi connectivity index (χ0) is 22.7. The SMILES string of the molecule is COc1cc(CC(=O)N2CCCC(c3nc(C)nc4ncccc34)C2)cc(OC)c1OC. The van der Waals surface area contributed by atoms with Gasteiger partial charge in [0.1, 0.15) is 5.82 Å². The van der Waals surface area contributed by atoms with Crippen molar-refractivity contribution in [2.75, 3.05) is 34.4 Å². The summed E-state index contributed by atoms with van der Waals surface area (Å²) in [5.74, 6) is 2.53. The van der Waals surface area contributed by atoms with Crippen molar-refractivity contribution in [3.8, 4) is 17.2 Å². The van der Waals surface area contributed by atoms with Crippen molar-refractivity contribution in [1.29, 1.82) is 0 Å². The Bertz CT molecular complexity index is 1110. The summed E-state index contributed by atoms with van der Waals surface area (Å²) in [6.07, 6.45) is 3.91. The molecule has 1 unspecified atom stereocenters. The number of carbonyl (C=O) groups is 1. The van der Waals surface area contributed by atoms with Crippen molar-refractivity contribution in [1.82, 2.24) is 19.9 Å². The predicted molar refractivity (Wildman–Crippen MR) is 120 cm³/mol. The number of fused-ring (bicyclic) bond motifs is 1. The Morgan fingerprint density at radius 1 is 1.12 bits per heavy atom. The smallest absolute Gasteiger partial charge is 0.227 e. The molecule has 168 valence electrons. The molecule has 1 fully saturated rings. The molecule has 1 amide bonds. The van der Waals surface area contributed by atoms with Crippen LogP contribution < -0.4 is 14.2 Å². The number of benzene rings is 1. The zero-order valence-corrected chi connectivity index (χ0v) is 18.9. The number of aromatic nitrogens is 3. The van der Waals surface area contributed by atoms with Gasteiger partial charge in [0, 0.05) is 30.6 Å². The highest BCUT2D eigenvalue weighted by atomic mass is 16.5. The Labute approximate surface area is 187 Å². The highest BCUT2D eigenvalue weighted by Crippen LogP contribution is 2.38. The maximum absolute atomic E-state index is 13.2. The van der Waals surface area contributed by atoms with Gasteiger partial charge in [-0.05, 0) is 49.6 Å². The van der Waals surface area contributed by atoms with Crippen LogP contribution in [0.25, 0.3) is 11.0 Å². The van der Waals surface area contributed by atoms with Crippen LogP contribution >= 0.6 is 0 Å². The molecule has 0 N–H and O–H groups in total. The molecule has 0 radical (unpaired) electrons. The molecule has 32 heavy (non-hydrogen) atoms. The predicted octanol–water partition coefficient (Wildman–Crippen LogP) is 3.31. The molecule has 1 saturated heterocycles. The van der Waals surface area contributed by atoms with Crippen LogP contribution in [0, 0.1) is 6.92 Å². The number of carbonyl (C=O) groups excluding carboxylic acids is 1. The number of methoxy groups -OCH3 is 3. The summed E-state index contributed by atoms with van der Waals surface area (Å²) in [6.45, 7) is 3.25. The molecule has 1 aromatic carbocycles. The van der Waals surface area contributed by atoms with Crippen molar-refractivity contribution >= 4 is 16.9 Å². The fraction of sp³-hybridized carbons (Fsp3) is 0.417. The van der Waals surface area contributed by atoms with Crippen molar-refractivity contribution in [2.45, 2.75) is 32.1 Å². The van der Waals surface area contributed by atoms with Gasteiger partial charge in [-0.25, -0.2) is 15.0 Å². The van der Waals surface area contributed by atoms with E-state index in [1.807, 2.05) is 36.1 Å². The first-order chi connectivity index (χ1) is 15.5. The van der Waals surface area contributed by atoms with Crippen molar-refractivity contribution in [3.05, 3.63) is 47.5 Å². The minimum absolute atomic E-state index is 0.0668. The summed E-state index contributed by atoms with van der Waals surface area (Å²) in [7, 11) is 4.70. The topological polar surface area (TPSA) is 86.7 Å². The number of nitrogens with zero attached hydrogens (tertiary/aromatic N) is 4. The summed E-state index contributed by atoms with van der Waals surface area (Å²) in [5, 5.41) is 0.960. The third-order valence-corrected chi connectivity index (χ3v) is 5.85. The summed E-state index contributed by atoms with van der Waals surface area (Å²) >= 11 is 0. The monoisotopic (exact) mass is 436 g/mol. The third-order valence-electron chi connectivity index (χ3n) is 5.85. The quantitative estimate of drug-likeness (QED) is 0.586. The maximum Gasteiger partial charge on any atom is 0.227 e. The molecular formula is C24H28N4O4. The van der Waals surface area contributed by atoms with E-state index in [9.17, 15) is 4.79 Å². The highest BCUT2D eigenvalue weighted by molar-refractivity contribution is 5.80. The van der Waals surface area contributed by atoms with E-state index in [2.05, 4.69) is 9.97 Å². The first-order valence-electron chi connectivity index (χ1n) is 10.7. The van der Waals surface area contributed by atoms with E-state index in [-0.39, 0.29) is 18.2 Å². The highest BCUT2D eigenvalue weighted by Gasteiger charge is 2.28. The fourth-order valence-corrected chi connectivity index (χ4v) is 4.36. The molecule has 0 saturated carbocycles. The number of hydrogen-bond acceptors (Lipinski definition) is 7. The van der Waals surface area contributed by atoms with Crippen LogP contribution in [-0.2, 0) is 11.2 Å².